The van der Waals surface area contributed by atoms with Gasteiger partial charge < -0.3 is 15.7 Å². The molecular formula is C12H19N3O3S. The van der Waals surface area contributed by atoms with Crippen LogP contribution in [0.15, 0.2) is 5.51 Å². The lowest BCUT2D eigenvalue weighted by Gasteiger charge is -2.18. The second kappa shape index (κ2) is 6.51. The van der Waals surface area contributed by atoms with Crippen LogP contribution in [0.3, 0.4) is 0 Å². The minimum atomic E-state index is -0.866. The molecule has 0 bridgehead atoms. The van der Waals surface area contributed by atoms with Gasteiger partial charge in [0.2, 0.25) is 0 Å². The lowest BCUT2D eigenvalue weighted by atomic mass is 9.90. The van der Waals surface area contributed by atoms with Gasteiger partial charge in [-0.2, -0.15) is 0 Å². The number of rotatable bonds is 6. The van der Waals surface area contributed by atoms with Gasteiger partial charge in [-0.15, -0.1) is 11.3 Å². The van der Waals surface area contributed by atoms with Crippen LogP contribution in [0.25, 0.3) is 0 Å². The largest absolute Gasteiger partial charge is 0.481 e. The van der Waals surface area contributed by atoms with Crippen LogP contribution < -0.4 is 10.6 Å². The Morgan fingerprint density at radius 1 is 1.42 bits per heavy atom. The van der Waals surface area contributed by atoms with Crippen LogP contribution in [-0.4, -0.2) is 28.6 Å². The molecule has 0 atom stereocenters. The third-order valence-corrected chi connectivity index (χ3v) is 3.80. The van der Waals surface area contributed by atoms with Gasteiger partial charge in [0, 0.05) is 11.4 Å². The summed E-state index contributed by atoms with van der Waals surface area (Å²) < 4.78 is 0. The number of aryl methyl sites for hydroxylation is 1. The Morgan fingerprint density at radius 3 is 2.63 bits per heavy atom. The number of hydrogen-bond acceptors (Lipinski definition) is 4. The summed E-state index contributed by atoms with van der Waals surface area (Å²) in [4.78, 5) is 27.5. The fourth-order valence-corrected chi connectivity index (χ4v) is 2.03. The van der Waals surface area contributed by atoms with E-state index in [1.165, 1.54) is 11.3 Å². The first-order valence-corrected chi connectivity index (χ1v) is 6.85. The number of aromatic nitrogens is 1. The second-order valence-electron chi connectivity index (χ2n) is 4.91. The molecule has 1 rings (SSSR count). The normalized spacial score (nSPS) is 11.1. The Balaban J connectivity index is 2.26. The highest BCUT2D eigenvalue weighted by molar-refractivity contribution is 7.09. The fraction of sp³-hybridized carbons (Fsp3) is 0.583. The van der Waals surface area contributed by atoms with Crippen molar-refractivity contribution in [2.45, 2.75) is 33.7 Å². The van der Waals surface area contributed by atoms with E-state index in [1.54, 1.807) is 19.4 Å². The third-order valence-electron chi connectivity index (χ3n) is 2.87. The van der Waals surface area contributed by atoms with E-state index in [9.17, 15) is 9.59 Å². The zero-order valence-corrected chi connectivity index (χ0v) is 12.1. The van der Waals surface area contributed by atoms with Gasteiger partial charge in [-0.3, -0.25) is 4.79 Å². The van der Waals surface area contributed by atoms with Crippen molar-refractivity contribution in [1.82, 2.24) is 15.6 Å². The summed E-state index contributed by atoms with van der Waals surface area (Å²) in [5.41, 5.74) is 1.82. The average molecular weight is 285 g/mol. The number of nitrogens with zero attached hydrogens (tertiary/aromatic N) is 1. The standard InChI is InChI=1S/C12H19N3O3S/c1-8-9(19-7-15-8)6-14-11(18)13-5-4-12(2,3)10(16)17/h7H,4-6H2,1-3H3,(H,16,17)(H2,13,14,18). The first-order valence-electron chi connectivity index (χ1n) is 5.97. The molecule has 6 nitrogen and oxygen atoms in total. The van der Waals surface area contributed by atoms with E-state index in [2.05, 4.69) is 15.6 Å². The molecule has 2 amide bonds. The van der Waals surface area contributed by atoms with E-state index >= 15 is 0 Å². The maximum Gasteiger partial charge on any atom is 0.315 e. The first-order chi connectivity index (χ1) is 8.83. The predicted molar refractivity (Wildman–Crippen MR) is 73.1 cm³/mol. The molecule has 1 heterocycles. The van der Waals surface area contributed by atoms with Gasteiger partial charge in [0.1, 0.15) is 0 Å². The molecule has 0 unspecified atom stereocenters. The van der Waals surface area contributed by atoms with Crippen LogP contribution in [0.5, 0.6) is 0 Å². The second-order valence-corrected chi connectivity index (χ2v) is 5.85. The Hall–Kier alpha value is -1.63. The summed E-state index contributed by atoms with van der Waals surface area (Å²) >= 11 is 1.49. The third kappa shape index (κ3) is 4.86. The lowest BCUT2D eigenvalue weighted by molar-refractivity contribution is -0.147. The molecule has 0 saturated carbocycles. The zero-order chi connectivity index (χ0) is 14.5. The highest BCUT2D eigenvalue weighted by Crippen LogP contribution is 2.19. The van der Waals surface area contributed by atoms with Crippen LogP contribution in [-0.2, 0) is 11.3 Å². The summed E-state index contributed by atoms with van der Waals surface area (Å²) in [7, 11) is 0. The van der Waals surface area contributed by atoms with Gasteiger partial charge in [-0.25, -0.2) is 9.78 Å². The molecule has 0 aliphatic heterocycles. The Kier molecular flexibility index (Phi) is 5.29. The minimum Gasteiger partial charge on any atom is -0.481 e. The van der Waals surface area contributed by atoms with Crippen molar-refractivity contribution in [2.24, 2.45) is 5.41 Å². The molecule has 0 aliphatic rings. The Labute approximate surface area is 116 Å². The van der Waals surface area contributed by atoms with E-state index in [0.717, 1.165) is 10.6 Å². The average Bonchev–Trinajstić information content (AvgIpc) is 2.72. The maximum atomic E-state index is 11.5. The number of carboxylic acid groups (broad SMARTS) is 1. The number of carboxylic acids is 1. The molecule has 3 N–H and O–H groups in total. The van der Waals surface area contributed by atoms with Crippen molar-refractivity contribution < 1.29 is 14.7 Å². The van der Waals surface area contributed by atoms with Gasteiger partial charge in [0.25, 0.3) is 0 Å². The SMILES string of the molecule is Cc1ncsc1CNC(=O)NCCC(C)(C)C(=O)O. The maximum absolute atomic E-state index is 11.5. The molecule has 19 heavy (non-hydrogen) atoms. The number of hydrogen-bond donors (Lipinski definition) is 3. The first kappa shape index (κ1) is 15.4. The quantitative estimate of drug-likeness (QED) is 0.742. The number of carbonyl (C=O) groups excluding carboxylic acids is 1. The topological polar surface area (TPSA) is 91.3 Å². The van der Waals surface area contributed by atoms with Gasteiger partial charge in [0.15, 0.2) is 0 Å². The van der Waals surface area contributed by atoms with Gasteiger partial charge in [-0.1, -0.05) is 0 Å². The molecule has 1 aromatic heterocycles. The smallest absolute Gasteiger partial charge is 0.315 e. The van der Waals surface area contributed by atoms with E-state index in [-0.39, 0.29) is 6.03 Å². The Bertz CT molecular complexity index is 457. The van der Waals surface area contributed by atoms with Crippen LogP contribution in [0.4, 0.5) is 4.79 Å². The van der Waals surface area contributed by atoms with Crippen molar-refractivity contribution in [3.05, 3.63) is 16.1 Å². The van der Waals surface area contributed by atoms with E-state index in [0.29, 0.717) is 19.5 Å². The number of urea groups is 1. The summed E-state index contributed by atoms with van der Waals surface area (Å²) in [6.45, 7) is 5.92. The van der Waals surface area contributed by atoms with Crippen LogP contribution in [0, 0.1) is 12.3 Å². The highest BCUT2D eigenvalue weighted by Gasteiger charge is 2.26. The van der Waals surface area contributed by atoms with Gasteiger partial charge in [-0.05, 0) is 27.2 Å². The molecule has 7 heteroatoms. The van der Waals surface area contributed by atoms with E-state index < -0.39 is 11.4 Å². The van der Waals surface area contributed by atoms with Crippen molar-refractivity contribution in [3.63, 3.8) is 0 Å². The molecule has 0 fully saturated rings. The molecule has 1 aromatic rings. The summed E-state index contributed by atoms with van der Waals surface area (Å²) in [6, 6.07) is -0.297. The molecule has 0 saturated heterocycles. The number of carbonyl (C=O) groups is 2. The number of nitrogens with one attached hydrogen (secondary N) is 2. The van der Waals surface area contributed by atoms with Crippen molar-refractivity contribution in [2.75, 3.05) is 6.54 Å². The lowest BCUT2D eigenvalue weighted by Crippen LogP contribution is -2.38. The zero-order valence-electron chi connectivity index (χ0n) is 11.3. The minimum absolute atomic E-state index is 0.297. The molecule has 0 radical (unpaired) electrons. The van der Waals surface area contributed by atoms with Gasteiger partial charge >= 0.3 is 12.0 Å². The predicted octanol–water partition coefficient (Wildman–Crippen LogP) is 1.75. The monoisotopic (exact) mass is 285 g/mol. The van der Waals surface area contributed by atoms with E-state index in [4.69, 9.17) is 5.11 Å². The summed E-state index contributed by atoms with van der Waals surface area (Å²) in [5, 5.41) is 14.3. The molecule has 0 aromatic carbocycles. The van der Waals surface area contributed by atoms with Crippen molar-refractivity contribution >= 4 is 23.3 Å². The van der Waals surface area contributed by atoms with Crippen molar-refractivity contribution in [3.8, 4) is 0 Å². The summed E-state index contributed by atoms with van der Waals surface area (Å²) in [6.07, 6.45) is 0.384. The molecular weight excluding hydrogens is 266 g/mol. The van der Waals surface area contributed by atoms with E-state index in [1.807, 2.05) is 6.92 Å². The number of aliphatic carboxylic acids is 1. The van der Waals surface area contributed by atoms with Crippen LogP contribution >= 0.6 is 11.3 Å². The summed E-state index contributed by atoms with van der Waals surface area (Å²) in [5.74, 6) is -0.866. The molecule has 106 valence electrons. The van der Waals surface area contributed by atoms with Crippen LogP contribution in [0.2, 0.25) is 0 Å². The fourth-order valence-electron chi connectivity index (χ4n) is 1.31. The van der Waals surface area contributed by atoms with Crippen molar-refractivity contribution in [1.29, 1.82) is 0 Å². The molecule has 0 aliphatic carbocycles. The Morgan fingerprint density at radius 2 is 2.11 bits per heavy atom. The highest BCUT2D eigenvalue weighted by atomic mass is 32.1. The number of amides is 2. The van der Waals surface area contributed by atoms with Gasteiger partial charge in [0.05, 0.1) is 23.2 Å². The number of thiazole rings is 1. The molecule has 0 spiro atoms. The van der Waals surface area contributed by atoms with Crippen LogP contribution in [0.1, 0.15) is 30.8 Å².